The van der Waals surface area contributed by atoms with Gasteiger partial charge in [0.25, 0.3) is 17.7 Å². The van der Waals surface area contributed by atoms with Crippen molar-refractivity contribution in [2.45, 2.75) is 6.92 Å². The molecule has 1 aliphatic heterocycles. The molecule has 0 saturated carbocycles. The van der Waals surface area contributed by atoms with E-state index in [0.29, 0.717) is 21.8 Å². The van der Waals surface area contributed by atoms with Gasteiger partial charge in [0.05, 0.1) is 28.5 Å². The molecule has 0 radical (unpaired) electrons. The number of anilines is 3. The third-order valence-electron chi connectivity index (χ3n) is 4.99. The summed E-state index contributed by atoms with van der Waals surface area (Å²) in [4.78, 5) is 55.2. The molecule has 36 heavy (non-hydrogen) atoms. The van der Waals surface area contributed by atoms with Crippen molar-refractivity contribution in [1.29, 1.82) is 0 Å². The predicted octanol–water partition coefficient (Wildman–Crippen LogP) is 5.23. The van der Waals surface area contributed by atoms with Crippen LogP contribution >= 0.6 is 46.1 Å². The van der Waals surface area contributed by atoms with Crippen LogP contribution in [-0.2, 0) is 14.3 Å². The van der Waals surface area contributed by atoms with Gasteiger partial charge in [0, 0.05) is 11.3 Å². The van der Waals surface area contributed by atoms with E-state index in [2.05, 4.69) is 15.6 Å². The van der Waals surface area contributed by atoms with Crippen molar-refractivity contribution >= 4 is 86.3 Å². The number of ether oxygens (including phenoxy) is 1. The number of aromatic nitrogens is 1. The maximum atomic E-state index is 12.9. The van der Waals surface area contributed by atoms with Crippen LogP contribution in [0, 0.1) is 6.92 Å². The predicted molar refractivity (Wildman–Crippen MR) is 138 cm³/mol. The van der Waals surface area contributed by atoms with E-state index in [1.54, 1.807) is 19.1 Å². The lowest BCUT2D eigenvalue weighted by Gasteiger charge is -2.15. The molecule has 13 heteroatoms. The number of methoxy groups -OCH3 is 1. The van der Waals surface area contributed by atoms with E-state index in [0.717, 1.165) is 16.2 Å². The number of hydrogen-bond donors (Lipinski definition) is 2. The minimum absolute atomic E-state index is 0.126. The Morgan fingerprint density at radius 3 is 2.33 bits per heavy atom. The molecule has 2 heterocycles. The van der Waals surface area contributed by atoms with Crippen molar-refractivity contribution in [3.05, 3.63) is 79.4 Å². The van der Waals surface area contributed by atoms with E-state index in [9.17, 15) is 19.2 Å². The molecule has 0 saturated heterocycles. The van der Waals surface area contributed by atoms with E-state index in [1.165, 1.54) is 37.4 Å². The first-order valence-corrected chi connectivity index (χ1v) is 12.0. The van der Waals surface area contributed by atoms with Crippen LogP contribution < -0.4 is 15.5 Å². The van der Waals surface area contributed by atoms with Crippen LogP contribution in [0.4, 0.5) is 16.5 Å². The molecule has 1 aromatic heterocycles. The highest BCUT2D eigenvalue weighted by atomic mass is 35.5. The molecule has 0 aliphatic carbocycles. The molecule has 0 bridgehead atoms. The highest BCUT2D eigenvalue weighted by Gasteiger charge is 2.39. The standard InChI is InChI=1S/C23H15Cl3N4O5S/c1-10-18(22(34)35-2)36-23(27-10)29-19(31)11-3-5-12(6-4-11)28-17-16(26)20(32)30(21(17)33)13-7-8-14(24)15(25)9-13/h3-9,28H,1-2H3,(H,27,29,31). The summed E-state index contributed by atoms with van der Waals surface area (Å²) < 4.78 is 4.69. The van der Waals surface area contributed by atoms with Crippen molar-refractivity contribution in [2.75, 3.05) is 22.6 Å². The number of rotatable bonds is 6. The number of carbonyl (C=O) groups is 4. The second-order valence-corrected chi connectivity index (χ2v) is 9.51. The van der Waals surface area contributed by atoms with Gasteiger partial charge in [-0.1, -0.05) is 46.1 Å². The molecule has 2 N–H and O–H groups in total. The lowest BCUT2D eigenvalue weighted by atomic mass is 10.2. The fraction of sp³-hybridized carbons (Fsp3) is 0.0870. The first-order chi connectivity index (χ1) is 17.1. The zero-order chi connectivity index (χ0) is 26.1. The molecule has 184 valence electrons. The van der Waals surface area contributed by atoms with Crippen LogP contribution in [0.3, 0.4) is 0 Å². The number of carbonyl (C=O) groups excluding carboxylic acids is 4. The van der Waals surface area contributed by atoms with Crippen molar-refractivity contribution in [1.82, 2.24) is 4.98 Å². The zero-order valence-electron chi connectivity index (χ0n) is 18.5. The van der Waals surface area contributed by atoms with Crippen molar-refractivity contribution in [2.24, 2.45) is 0 Å². The average Bonchev–Trinajstić information content (AvgIpc) is 3.32. The third kappa shape index (κ3) is 4.93. The molecule has 3 aromatic rings. The van der Waals surface area contributed by atoms with Crippen LogP contribution in [0.5, 0.6) is 0 Å². The number of imide groups is 1. The highest BCUT2D eigenvalue weighted by molar-refractivity contribution is 7.17. The summed E-state index contributed by atoms with van der Waals surface area (Å²) in [7, 11) is 1.26. The van der Waals surface area contributed by atoms with Gasteiger partial charge in [0.15, 0.2) is 5.13 Å². The van der Waals surface area contributed by atoms with Gasteiger partial charge in [-0.2, -0.15) is 0 Å². The summed E-state index contributed by atoms with van der Waals surface area (Å²) in [6.45, 7) is 1.64. The van der Waals surface area contributed by atoms with E-state index >= 15 is 0 Å². The summed E-state index contributed by atoms with van der Waals surface area (Å²) in [5, 5.41) is 5.85. The van der Waals surface area contributed by atoms with Gasteiger partial charge in [-0.25, -0.2) is 14.7 Å². The Bertz CT molecular complexity index is 1450. The molecule has 2 aromatic carbocycles. The number of aryl methyl sites for hydroxylation is 1. The van der Waals surface area contributed by atoms with Crippen molar-refractivity contribution in [3.63, 3.8) is 0 Å². The molecule has 0 atom stereocenters. The number of halogens is 3. The average molecular weight is 566 g/mol. The molecular weight excluding hydrogens is 551 g/mol. The summed E-state index contributed by atoms with van der Waals surface area (Å²) in [5.41, 5.74) is 1.24. The van der Waals surface area contributed by atoms with Gasteiger partial charge in [0.2, 0.25) is 0 Å². The Balaban J connectivity index is 1.47. The van der Waals surface area contributed by atoms with Crippen LogP contribution in [0.15, 0.2) is 53.2 Å². The fourth-order valence-corrected chi connectivity index (χ4v) is 4.61. The number of amides is 3. The molecule has 1 aliphatic rings. The zero-order valence-corrected chi connectivity index (χ0v) is 21.6. The van der Waals surface area contributed by atoms with Crippen LogP contribution in [0.2, 0.25) is 10.0 Å². The largest absolute Gasteiger partial charge is 0.465 e. The molecule has 0 fully saturated rings. The normalized spacial score (nSPS) is 13.3. The summed E-state index contributed by atoms with van der Waals surface area (Å²) in [6, 6.07) is 10.4. The number of esters is 1. The second kappa shape index (κ2) is 10.3. The number of thiazole rings is 1. The maximum Gasteiger partial charge on any atom is 0.350 e. The first kappa shape index (κ1) is 25.6. The van der Waals surface area contributed by atoms with Crippen molar-refractivity contribution in [3.8, 4) is 0 Å². The van der Waals surface area contributed by atoms with Gasteiger partial charge in [-0.15, -0.1) is 0 Å². The van der Waals surface area contributed by atoms with E-state index in [1.807, 2.05) is 0 Å². The lowest BCUT2D eigenvalue weighted by molar-refractivity contribution is -0.120. The Kier molecular flexibility index (Phi) is 7.32. The molecular formula is C23H15Cl3N4O5S. The number of benzene rings is 2. The number of nitrogens with zero attached hydrogens (tertiary/aromatic N) is 2. The summed E-state index contributed by atoms with van der Waals surface area (Å²) in [6.07, 6.45) is 0. The third-order valence-corrected chi connectivity index (χ3v) is 7.14. The fourth-order valence-electron chi connectivity index (χ4n) is 3.22. The molecule has 3 amide bonds. The van der Waals surface area contributed by atoms with Crippen molar-refractivity contribution < 1.29 is 23.9 Å². The summed E-state index contributed by atoms with van der Waals surface area (Å²) in [5.74, 6) is -2.39. The van der Waals surface area contributed by atoms with Gasteiger partial charge in [0.1, 0.15) is 15.6 Å². The van der Waals surface area contributed by atoms with Crippen LogP contribution in [-0.4, -0.2) is 35.8 Å². The SMILES string of the molecule is COC(=O)c1sc(NC(=O)c2ccc(NC3=C(Cl)C(=O)N(c4ccc(Cl)c(Cl)c4)C3=O)cc2)nc1C. The minimum Gasteiger partial charge on any atom is -0.465 e. The lowest BCUT2D eigenvalue weighted by Crippen LogP contribution is -2.32. The maximum absolute atomic E-state index is 12.9. The quantitative estimate of drug-likeness (QED) is 0.310. The number of hydrogen-bond acceptors (Lipinski definition) is 8. The van der Waals surface area contributed by atoms with Gasteiger partial charge >= 0.3 is 5.97 Å². The van der Waals surface area contributed by atoms with E-state index < -0.39 is 23.7 Å². The summed E-state index contributed by atoms with van der Waals surface area (Å²) >= 11 is 19.1. The molecule has 0 spiro atoms. The van der Waals surface area contributed by atoms with E-state index in [-0.39, 0.29) is 31.6 Å². The van der Waals surface area contributed by atoms with Gasteiger partial charge in [-0.05, 0) is 49.4 Å². The highest BCUT2D eigenvalue weighted by Crippen LogP contribution is 2.33. The second-order valence-electron chi connectivity index (χ2n) is 7.31. The molecule has 0 unspecified atom stereocenters. The minimum atomic E-state index is -0.719. The Hall–Kier alpha value is -3.44. The van der Waals surface area contributed by atoms with Crippen LogP contribution in [0.25, 0.3) is 0 Å². The van der Waals surface area contributed by atoms with Gasteiger partial charge < -0.3 is 10.1 Å². The molecule has 9 nitrogen and oxygen atoms in total. The Morgan fingerprint density at radius 2 is 1.69 bits per heavy atom. The van der Waals surface area contributed by atoms with Crippen LogP contribution in [0.1, 0.15) is 25.7 Å². The van der Waals surface area contributed by atoms with Gasteiger partial charge in [-0.3, -0.25) is 19.7 Å². The smallest absolute Gasteiger partial charge is 0.350 e. The topological polar surface area (TPSA) is 118 Å². The monoisotopic (exact) mass is 564 g/mol. The Morgan fingerprint density at radius 1 is 1.00 bits per heavy atom. The Labute approximate surface area is 223 Å². The van der Waals surface area contributed by atoms with E-state index in [4.69, 9.17) is 39.5 Å². The molecule has 4 rings (SSSR count). The first-order valence-electron chi connectivity index (χ1n) is 10.1. The number of nitrogens with one attached hydrogen (secondary N) is 2.